The van der Waals surface area contributed by atoms with E-state index in [0.717, 1.165) is 24.3 Å². The van der Waals surface area contributed by atoms with Gasteiger partial charge in [-0.2, -0.15) is 0 Å². The highest BCUT2D eigenvalue weighted by molar-refractivity contribution is 5.90. The fourth-order valence-corrected chi connectivity index (χ4v) is 1.82. The van der Waals surface area contributed by atoms with Crippen molar-refractivity contribution in [2.45, 2.75) is 26.4 Å². The van der Waals surface area contributed by atoms with E-state index in [1.54, 1.807) is 17.1 Å². The van der Waals surface area contributed by atoms with Gasteiger partial charge in [0.2, 0.25) is 5.91 Å². The second-order valence-corrected chi connectivity index (χ2v) is 4.45. The maximum Gasteiger partial charge on any atom is 0.226 e. The number of aryl methyl sites for hydroxylation is 1. The summed E-state index contributed by atoms with van der Waals surface area (Å²) in [5.41, 5.74) is 1.98. The van der Waals surface area contributed by atoms with Gasteiger partial charge in [0.25, 0.3) is 0 Å². The van der Waals surface area contributed by atoms with Gasteiger partial charge in [-0.25, -0.2) is 0 Å². The van der Waals surface area contributed by atoms with Crippen LogP contribution >= 0.6 is 12.4 Å². The molecule has 0 saturated carbocycles. The first-order valence-electron chi connectivity index (χ1n) is 6.71. The fraction of sp³-hybridized carbons (Fsp3) is 0.357. The lowest BCUT2D eigenvalue weighted by atomic mass is 10.2. The number of nitrogens with one attached hydrogen (secondary N) is 2. The van der Waals surface area contributed by atoms with E-state index < -0.39 is 0 Å². The molecule has 21 heavy (non-hydrogen) atoms. The first-order chi connectivity index (χ1) is 9.78. The van der Waals surface area contributed by atoms with Crippen LogP contribution in [-0.4, -0.2) is 27.4 Å². The standard InChI is InChI=1S/C14H19N5O.ClH/c1-2-15-11-12-4-3-5-13(10-12)17-14(20)6-8-19-9-7-16-18-19;/h3-5,7,9-10,15H,2,6,8,11H2,1H3,(H,17,20);1H. The van der Waals surface area contributed by atoms with Gasteiger partial charge in [0.1, 0.15) is 0 Å². The van der Waals surface area contributed by atoms with Crippen LogP contribution in [0.15, 0.2) is 36.7 Å². The summed E-state index contributed by atoms with van der Waals surface area (Å²) in [6, 6.07) is 7.85. The molecule has 6 nitrogen and oxygen atoms in total. The highest BCUT2D eigenvalue weighted by Crippen LogP contribution is 2.11. The Labute approximate surface area is 130 Å². The molecule has 0 unspecified atom stereocenters. The van der Waals surface area contributed by atoms with E-state index in [2.05, 4.69) is 27.9 Å². The Morgan fingerprint density at radius 3 is 2.95 bits per heavy atom. The third-order valence-corrected chi connectivity index (χ3v) is 2.83. The maximum absolute atomic E-state index is 11.8. The number of hydrogen-bond acceptors (Lipinski definition) is 4. The minimum Gasteiger partial charge on any atom is -0.326 e. The summed E-state index contributed by atoms with van der Waals surface area (Å²) in [5, 5.41) is 13.7. The molecule has 0 bridgehead atoms. The molecule has 2 N–H and O–H groups in total. The van der Waals surface area contributed by atoms with E-state index in [-0.39, 0.29) is 18.3 Å². The number of halogens is 1. The van der Waals surface area contributed by atoms with Crippen molar-refractivity contribution < 1.29 is 4.79 Å². The molecule has 2 rings (SSSR count). The van der Waals surface area contributed by atoms with E-state index in [4.69, 9.17) is 0 Å². The Balaban J connectivity index is 0.00000220. The molecule has 0 radical (unpaired) electrons. The lowest BCUT2D eigenvalue weighted by Gasteiger charge is -2.08. The number of aromatic nitrogens is 3. The summed E-state index contributed by atoms with van der Waals surface area (Å²) in [4.78, 5) is 11.8. The molecule has 2 aromatic rings. The number of rotatable bonds is 7. The zero-order valence-electron chi connectivity index (χ0n) is 12.0. The summed E-state index contributed by atoms with van der Waals surface area (Å²) in [5.74, 6) is -0.0268. The lowest BCUT2D eigenvalue weighted by Crippen LogP contribution is -2.15. The first kappa shape index (κ1) is 17.1. The summed E-state index contributed by atoms with van der Waals surface area (Å²) in [6.45, 7) is 4.33. The first-order valence-corrected chi connectivity index (χ1v) is 6.71. The highest BCUT2D eigenvalue weighted by Gasteiger charge is 2.04. The highest BCUT2D eigenvalue weighted by atomic mass is 35.5. The van der Waals surface area contributed by atoms with Crippen molar-refractivity contribution in [1.82, 2.24) is 20.3 Å². The van der Waals surface area contributed by atoms with Crippen LogP contribution in [-0.2, 0) is 17.9 Å². The van der Waals surface area contributed by atoms with Crippen molar-refractivity contribution in [3.63, 3.8) is 0 Å². The van der Waals surface area contributed by atoms with Crippen LogP contribution in [0.1, 0.15) is 18.9 Å². The number of carbonyl (C=O) groups is 1. The Morgan fingerprint density at radius 2 is 2.24 bits per heavy atom. The molecule has 0 aliphatic rings. The minimum atomic E-state index is -0.0268. The lowest BCUT2D eigenvalue weighted by molar-refractivity contribution is -0.116. The van der Waals surface area contributed by atoms with Crippen LogP contribution in [0, 0.1) is 0 Å². The number of nitrogens with zero attached hydrogens (tertiary/aromatic N) is 3. The normalized spacial score (nSPS) is 9.95. The zero-order chi connectivity index (χ0) is 14.2. The van der Waals surface area contributed by atoms with Crippen LogP contribution in [0.25, 0.3) is 0 Å². The maximum atomic E-state index is 11.8. The Kier molecular flexibility index (Phi) is 7.42. The van der Waals surface area contributed by atoms with Crippen LogP contribution < -0.4 is 10.6 Å². The molecule has 1 aromatic carbocycles. The molecule has 114 valence electrons. The second-order valence-electron chi connectivity index (χ2n) is 4.45. The molecule has 1 aromatic heterocycles. The van der Waals surface area contributed by atoms with E-state index in [1.165, 1.54) is 0 Å². The zero-order valence-corrected chi connectivity index (χ0v) is 12.8. The summed E-state index contributed by atoms with van der Waals surface area (Å²) >= 11 is 0. The van der Waals surface area contributed by atoms with Crippen molar-refractivity contribution in [3.8, 4) is 0 Å². The van der Waals surface area contributed by atoms with Crippen LogP contribution in [0.4, 0.5) is 5.69 Å². The largest absolute Gasteiger partial charge is 0.326 e. The summed E-state index contributed by atoms with van der Waals surface area (Å²) in [6.07, 6.45) is 3.72. The number of carbonyl (C=O) groups excluding carboxylic acids is 1. The number of amides is 1. The second kappa shape index (κ2) is 9.10. The monoisotopic (exact) mass is 309 g/mol. The predicted molar refractivity (Wildman–Crippen MR) is 84.3 cm³/mol. The molecule has 1 heterocycles. The average Bonchev–Trinajstić information content (AvgIpc) is 2.97. The van der Waals surface area contributed by atoms with Gasteiger partial charge in [-0.05, 0) is 24.2 Å². The molecule has 7 heteroatoms. The van der Waals surface area contributed by atoms with Crippen molar-refractivity contribution in [2.75, 3.05) is 11.9 Å². The molecule has 0 atom stereocenters. The van der Waals surface area contributed by atoms with Crippen molar-refractivity contribution >= 4 is 24.0 Å². The molecule has 0 aliphatic carbocycles. The fourth-order valence-electron chi connectivity index (χ4n) is 1.82. The van der Waals surface area contributed by atoms with E-state index in [0.29, 0.717) is 13.0 Å². The van der Waals surface area contributed by atoms with Crippen molar-refractivity contribution in [1.29, 1.82) is 0 Å². The molecule has 0 spiro atoms. The van der Waals surface area contributed by atoms with Gasteiger partial charge in [-0.1, -0.05) is 24.3 Å². The summed E-state index contributed by atoms with van der Waals surface area (Å²) in [7, 11) is 0. The van der Waals surface area contributed by atoms with Crippen LogP contribution in [0.2, 0.25) is 0 Å². The number of hydrogen-bond donors (Lipinski definition) is 2. The predicted octanol–water partition coefficient (Wildman–Crippen LogP) is 1.84. The van der Waals surface area contributed by atoms with E-state index >= 15 is 0 Å². The Hall–Kier alpha value is -1.92. The van der Waals surface area contributed by atoms with Gasteiger partial charge in [-0.15, -0.1) is 17.5 Å². The van der Waals surface area contributed by atoms with Gasteiger partial charge in [0.15, 0.2) is 0 Å². The summed E-state index contributed by atoms with van der Waals surface area (Å²) < 4.78 is 1.64. The van der Waals surface area contributed by atoms with Crippen LogP contribution in [0.3, 0.4) is 0 Å². The third-order valence-electron chi connectivity index (χ3n) is 2.83. The SMILES string of the molecule is CCNCc1cccc(NC(=O)CCn2ccnn2)c1.Cl. The van der Waals surface area contributed by atoms with Gasteiger partial charge < -0.3 is 10.6 Å². The van der Waals surface area contributed by atoms with Crippen LogP contribution in [0.5, 0.6) is 0 Å². The van der Waals surface area contributed by atoms with Crippen molar-refractivity contribution in [3.05, 3.63) is 42.2 Å². The Morgan fingerprint density at radius 1 is 1.38 bits per heavy atom. The van der Waals surface area contributed by atoms with Gasteiger partial charge in [0.05, 0.1) is 12.7 Å². The molecule has 1 amide bonds. The third kappa shape index (κ3) is 5.93. The van der Waals surface area contributed by atoms with E-state index in [1.807, 2.05) is 24.3 Å². The topological polar surface area (TPSA) is 71.8 Å². The molecule has 0 aliphatic heterocycles. The smallest absolute Gasteiger partial charge is 0.226 e. The Bertz CT molecular complexity index is 544. The minimum absolute atomic E-state index is 0. The number of benzene rings is 1. The average molecular weight is 310 g/mol. The van der Waals surface area contributed by atoms with E-state index in [9.17, 15) is 4.79 Å². The van der Waals surface area contributed by atoms with Gasteiger partial charge in [0, 0.05) is 24.8 Å². The molecular weight excluding hydrogens is 290 g/mol. The molecular formula is C14H20ClN5O. The molecule has 0 saturated heterocycles. The molecule has 0 fully saturated rings. The van der Waals surface area contributed by atoms with Gasteiger partial charge in [-0.3, -0.25) is 9.48 Å². The van der Waals surface area contributed by atoms with Crippen molar-refractivity contribution in [2.24, 2.45) is 0 Å². The number of anilines is 1. The van der Waals surface area contributed by atoms with Gasteiger partial charge >= 0.3 is 0 Å². The quantitative estimate of drug-likeness (QED) is 0.818.